The van der Waals surface area contributed by atoms with Crippen molar-refractivity contribution in [2.24, 2.45) is 5.73 Å². The van der Waals surface area contributed by atoms with Gasteiger partial charge >= 0.3 is 0 Å². The topological polar surface area (TPSA) is 90.4 Å². The zero-order valence-corrected chi connectivity index (χ0v) is 15.3. The van der Waals surface area contributed by atoms with Crippen LogP contribution in [0.5, 0.6) is 11.6 Å². The Hall–Kier alpha value is -3.12. The second-order valence-corrected chi connectivity index (χ2v) is 6.14. The van der Waals surface area contributed by atoms with Crippen LogP contribution in [0.15, 0.2) is 59.1 Å². The van der Waals surface area contributed by atoms with Gasteiger partial charge in [-0.3, -0.25) is 4.79 Å². The lowest BCUT2D eigenvalue weighted by Crippen LogP contribution is -2.16. The number of pyridine rings is 1. The summed E-state index contributed by atoms with van der Waals surface area (Å²) >= 11 is 0. The number of furan rings is 1. The van der Waals surface area contributed by atoms with Crippen LogP contribution in [0.3, 0.4) is 0 Å². The molecule has 0 aliphatic heterocycles. The molecule has 3 rings (SSSR count). The molecule has 6 heteroatoms. The number of aryl methyl sites for hydroxylation is 1. The molecule has 0 radical (unpaired) electrons. The van der Waals surface area contributed by atoms with E-state index >= 15 is 0 Å². The quantitative estimate of drug-likeness (QED) is 0.567. The van der Waals surface area contributed by atoms with Gasteiger partial charge in [0.2, 0.25) is 11.8 Å². The van der Waals surface area contributed by atoms with Crippen molar-refractivity contribution in [1.29, 1.82) is 0 Å². The molecule has 0 aliphatic rings. The van der Waals surface area contributed by atoms with Gasteiger partial charge in [0.25, 0.3) is 0 Å². The molecule has 1 amide bonds. The molecule has 27 heavy (non-hydrogen) atoms. The predicted octanol–water partition coefficient (Wildman–Crippen LogP) is 3.46. The Labute approximate surface area is 158 Å². The summed E-state index contributed by atoms with van der Waals surface area (Å²) in [5.41, 5.74) is 6.75. The molecule has 6 nitrogen and oxygen atoms in total. The Morgan fingerprint density at radius 3 is 2.52 bits per heavy atom. The smallest absolute Gasteiger partial charge is 0.250 e. The number of primary amides is 1. The molecule has 0 spiro atoms. The lowest BCUT2D eigenvalue weighted by Gasteiger charge is -2.07. The van der Waals surface area contributed by atoms with Gasteiger partial charge in [-0.1, -0.05) is 19.1 Å². The molecule has 0 fully saturated rings. The summed E-state index contributed by atoms with van der Waals surface area (Å²) in [5.74, 6) is 2.57. The van der Waals surface area contributed by atoms with Gasteiger partial charge in [0.05, 0.1) is 12.1 Å². The van der Waals surface area contributed by atoms with Crippen LogP contribution < -0.4 is 15.8 Å². The van der Waals surface area contributed by atoms with E-state index in [9.17, 15) is 4.79 Å². The van der Waals surface area contributed by atoms with E-state index in [1.807, 2.05) is 36.4 Å². The van der Waals surface area contributed by atoms with Gasteiger partial charge in [0.15, 0.2) is 0 Å². The highest BCUT2D eigenvalue weighted by Crippen LogP contribution is 2.20. The van der Waals surface area contributed by atoms with E-state index in [2.05, 4.69) is 17.2 Å². The zero-order chi connectivity index (χ0) is 19.1. The second-order valence-electron chi connectivity index (χ2n) is 6.14. The van der Waals surface area contributed by atoms with Gasteiger partial charge in [-0.2, -0.15) is 0 Å². The number of nitrogens with zero attached hydrogens (tertiary/aromatic N) is 1. The number of benzene rings is 1. The standard InChI is InChI=1S/C21H23N3O3/c1-2-17-8-9-19(26-17)14-23-12-11-15-3-6-18(7-4-15)27-20-10-5-16(13-24-20)21(22)25/h3-10,13,23H,2,11-12,14H2,1H3,(H2,22,25). The van der Waals surface area contributed by atoms with Gasteiger partial charge in [-0.15, -0.1) is 0 Å². The summed E-state index contributed by atoms with van der Waals surface area (Å²) < 4.78 is 11.3. The number of aromatic nitrogens is 1. The number of rotatable bonds is 9. The summed E-state index contributed by atoms with van der Waals surface area (Å²) in [6, 6.07) is 15.1. The molecule has 0 aliphatic carbocycles. The van der Waals surface area contributed by atoms with Crippen LogP contribution >= 0.6 is 0 Å². The van der Waals surface area contributed by atoms with Crippen LogP contribution in [0.4, 0.5) is 0 Å². The van der Waals surface area contributed by atoms with Crippen molar-refractivity contribution < 1.29 is 13.9 Å². The SMILES string of the molecule is CCc1ccc(CNCCc2ccc(Oc3ccc(C(N)=O)cn3)cc2)o1. The number of nitrogens with one attached hydrogen (secondary N) is 1. The van der Waals surface area contributed by atoms with E-state index in [1.54, 1.807) is 12.1 Å². The van der Waals surface area contributed by atoms with Gasteiger partial charge in [0.1, 0.15) is 17.3 Å². The van der Waals surface area contributed by atoms with Crippen molar-refractivity contribution in [3.63, 3.8) is 0 Å². The van der Waals surface area contributed by atoms with Gasteiger partial charge in [0, 0.05) is 18.7 Å². The Morgan fingerprint density at radius 2 is 1.89 bits per heavy atom. The number of carbonyl (C=O) groups excluding carboxylic acids is 1. The van der Waals surface area contributed by atoms with Crippen molar-refractivity contribution in [3.8, 4) is 11.6 Å². The van der Waals surface area contributed by atoms with Gasteiger partial charge < -0.3 is 20.2 Å². The van der Waals surface area contributed by atoms with Crippen LogP contribution in [0.25, 0.3) is 0 Å². The highest BCUT2D eigenvalue weighted by molar-refractivity contribution is 5.92. The van der Waals surface area contributed by atoms with Crippen LogP contribution in [0.1, 0.15) is 34.4 Å². The molecule has 1 aromatic carbocycles. The minimum absolute atomic E-state index is 0.352. The minimum Gasteiger partial charge on any atom is -0.465 e. The molecule has 3 N–H and O–H groups in total. The summed E-state index contributed by atoms with van der Waals surface area (Å²) in [5, 5.41) is 3.38. The van der Waals surface area contributed by atoms with Crippen LogP contribution in [0, 0.1) is 0 Å². The molecular formula is C21H23N3O3. The number of hydrogen-bond donors (Lipinski definition) is 2. The fourth-order valence-electron chi connectivity index (χ4n) is 2.58. The molecule has 2 heterocycles. The van der Waals surface area contributed by atoms with E-state index in [0.717, 1.165) is 37.5 Å². The summed E-state index contributed by atoms with van der Waals surface area (Å²) in [4.78, 5) is 15.1. The van der Waals surface area contributed by atoms with E-state index in [1.165, 1.54) is 11.8 Å². The molecular weight excluding hydrogens is 342 g/mol. The van der Waals surface area contributed by atoms with Crippen LogP contribution in [0.2, 0.25) is 0 Å². The summed E-state index contributed by atoms with van der Waals surface area (Å²) in [6.45, 7) is 3.67. The Balaban J connectivity index is 1.44. The van der Waals surface area contributed by atoms with Crippen molar-refractivity contribution in [1.82, 2.24) is 10.3 Å². The lowest BCUT2D eigenvalue weighted by molar-refractivity contribution is 0.1000. The highest BCUT2D eigenvalue weighted by Gasteiger charge is 2.04. The molecule has 140 valence electrons. The molecule has 0 bridgehead atoms. The highest BCUT2D eigenvalue weighted by atomic mass is 16.5. The predicted molar refractivity (Wildman–Crippen MR) is 103 cm³/mol. The minimum atomic E-state index is -0.509. The third-order valence-corrected chi connectivity index (χ3v) is 4.12. The summed E-state index contributed by atoms with van der Waals surface area (Å²) in [6.07, 6.45) is 3.23. The van der Waals surface area contributed by atoms with Crippen molar-refractivity contribution in [2.75, 3.05) is 6.54 Å². The monoisotopic (exact) mass is 365 g/mol. The Bertz CT molecular complexity index is 870. The molecule has 2 aromatic heterocycles. The first-order chi connectivity index (χ1) is 13.1. The van der Waals surface area contributed by atoms with Crippen LogP contribution in [-0.2, 0) is 19.4 Å². The third kappa shape index (κ3) is 5.43. The maximum atomic E-state index is 11.0. The number of hydrogen-bond acceptors (Lipinski definition) is 5. The van der Waals surface area contributed by atoms with E-state index in [0.29, 0.717) is 17.2 Å². The zero-order valence-electron chi connectivity index (χ0n) is 15.3. The number of nitrogens with two attached hydrogens (primary N) is 1. The average molecular weight is 365 g/mol. The van der Waals surface area contributed by atoms with E-state index < -0.39 is 5.91 Å². The number of ether oxygens (including phenoxy) is 1. The maximum absolute atomic E-state index is 11.0. The number of amides is 1. The first kappa shape index (κ1) is 18.7. The fraction of sp³-hybridized carbons (Fsp3) is 0.238. The maximum Gasteiger partial charge on any atom is 0.250 e. The van der Waals surface area contributed by atoms with E-state index in [4.69, 9.17) is 14.9 Å². The summed E-state index contributed by atoms with van der Waals surface area (Å²) in [7, 11) is 0. The lowest BCUT2D eigenvalue weighted by atomic mass is 10.1. The first-order valence-corrected chi connectivity index (χ1v) is 8.95. The Kier molecular flexibility index (Phi) is 6.22. The van der Waals surface area contributed by atoms with Crippen molar-refractivity contribution in [3.05, 3.63) is 77.4 Å². The van der Waals surface area contributed by atoms with Gasteiger partial charge in [-0.05, 0) is 48.9 Å². The van der Waals surface area contributed by atoms with Crippen molar-refractivity contribution >= 4 is 5.91 Å². The van der Waals surface area contributed by atoms with Crippen molar-refractivity contribution in [2.45, 2.75) is 26.3 Å². The second kappa shape index (κ2) is 9.00. The number of carbonyl (C=O) groups is 1. The molecule has 0 atom stereocenters. The largest absolute Gasteiger partial charge is 0.465 e. The van der Waals surface area contributed by atoms with Gasteiger partial charge in [-0.25, -0.2) is 4.98 Å². The van der Waals surface area contributed by atoms with E-state index in [-0.39, 0.29) is 0 Å². The fourth-order valence-corrected chi connectivity index (χ4v) is 2.58. The molecule has 3 aromatic rings. The molecule has 0 saturated heterocycles. The van der Waals surface area contributed by atoms with Crippen LogP contribution in [-0.4, -0.2) is 17.4 Å². The third-order valence-electron chi connectivity index (χ3n) is 4.12. The average Bonchev–Trinajstić information content (AvgIpc) is 3.15. The molecule has 0 saturated carbocycles. The Morgan fingerprint density at radius 1 is 1.11 bits per heavy atom. The first-order valence-electron chi connectivity index (χ1n) is 8.95. The molecule has 0 unspecified atom stereocenters. The normalized spacial score (nSPS) is 10.7.